The molecule has 0 fully saturated rings. The fraction of sp³-hybridized carbons (Fsp3) is 0.0323. The van der Waals surface area contributed by atoms with Crippen molar-refractivity contribution in [3.05, 3.63) is 269 Å². The second-order valence-corrected chi connectivity index (χ2v) is 18.9. The lowest BCUT2D eigenvalue weighted by Gasteiger charge is -2.33. The van der Waals surface area contributed by atoms with Crippen LogP contribution in [0.2, 0.25) is 0 Å². The van der Waals surface area contributed by atoms with Crippen molar-refractivity contribution in [1.29, 1.82) is 0 Å². The second kappa shape index (κ2) is 12.4. The Labute approximate surface area is 375 Å². The largest absolute Gasteiger partial charge is 0.310 e. The topological polar surface area (TPSA) is 3.24 Å². The van der Waals surface area contributed by atoms with Crippen LogP contribution in [0.25, 0.3) is 64.7 Å². The molecule has 2 heteroatoms. The van der Waals surface area contributed by atoms with E-state index in [0.29, 0.717) is 0 Å². The predicted octanol–water partition coefficient (Wildman–Crippen LogP) is 16.2. The third-order valence-corrected chi connectivity index (χ3v) is 16.2. The number of hydrogen-bond donors (Lipinski definition) is 0. The van der Waals surface area contributed by atoms with Crippen molar-refractivity contribution in [3.8, 4) is 44.5 Å². The van der Waals surface area contributed by atoms with Crippen LogP contribution in [-0.2, 0) is 10.8 Å². The van der Waals surface area contributed by atoms with Gasteiger partial charge in [0.25, 0.3) is 0 Å². The van der Waals surface area contributed by atoms with Crippen molar-refractivity contribution >= 4 is 48.6 Å². The molecule has 11 aromatic rings. The number of fused-ring (bicyclic) bond motifs is 23. The molecule has 4 aliphatic carbocycles. The Morgan fingerprint density at radius 3 is 1.16 bits per heavy atom. The van der Waals surface area contributed by atoms with Crippen LogP contribution in [0, 0.1) is 0 Å². The summed E-state index contributed by atoms with van der Waals surface area (Å²) in [7, 11) is 0. The van der Waals surface area contributed by atoms with Crippen molar-refractivity contribution in [2.24, 2.45) is 0 Å². The maximum absolute atomic E-state index is 2.53. The van der Waals surface area contributed by atoms with Crippen LogP contribution < -0.4 is 4.90 Å². The van der Waals surface area contributed by atoms with Gasteiger partial charge in [-0.15, -0.1) is 11.3 Å². The van der Waals surface area contributed by atoms with Gasteiger partial charge in [-0.25, -0.2) is 0 Å². The Hall–Kier alpha value is -7.78. The molecule has 4 aliphatic rings. The summed E-state index contributed by atoms with van der Waals surface area (Å²) in [5.74, 6) is 0. The molecule has 64 heavy (non-hydrogen) atoms. The van der Waals surface area contributed by atoms with Crippen molar-refractivity contribution in [1.82, 2.24) is 0 Å². The minimum Gasteiger partial charge on any atom is -0.310 e. The molecule has 0 bridgehead atoms. The molecular weight excluding hydrogens is 791 g/mol. The Morgan fingerprint density at radius 1 is 0.250 bits per heavy atom. The van der Waals surface area contributed by atoms with Gasteiger partial charge in [0.15, 0.2) is 0 Å². The van der Waals surface area contributed by atoms with Crippen LogP contribution in [0.1, 0.15) is 44.5 Å². The first-order valence-corrected chi connectivity index (χ1v) is 23.2. The second-order valence-electron chi connectivity index (χ2n) is 17.8. The Morgan fingerprint density at radius 2 is 0.609 bits per heavy atom. The molecule has 2 spiro atoms. The number of hydrogen-bond acceptors (Lipinski definition) is 2. The summed E-state index contributed by atoms with van der Waals surface area (Å²) in [5, 5.41) is 2.61. The van der Waals surface area contributed by atoms with E-state index >= 15 is 0 Å². The zero-order chi connectivity index (χ0) is 41.7. The van der Waals surface area contributed by atoms with Crippen LogP contribution in [0.4, 0.5) is 17.1 Å². The highest BCUT2D eigenvalue weighted by molar-refractivity contribution is 7.25. The van der Waals surface area contributed by atoms with Crippen LogP contribution in [0.15, 0.2) is 224 Å². The molecule has 0 saturated carbocycles. The first-order valence-electron chi connectivity index (χ1n) is 22.3. The zero-order valence-electron chi connectivity index (χ0n) is 34.7. The smallest absolute Gasteiger partial charge is 0.0726 e. The van der Waals surface area contributed by atoms with Crippen molar-refractivity contribution < 1.29 is 0 Å². The summed E-state index contributed by atoms with van der Waals surface area (Å²) >= 11 is 1.88. The number of rotatable bonds is 3. The molecular formula is C62H37NS. The van der Waals surface area contributed by atoms with Crippen molar-refractivity contribution in [3.63, 3.8) is 0 Å². The van der Waals surface area contributed by atoms with E-state index < -0.39 is 10.8 Å². The van der Waals surface area contributed by atoms with Crippen LogP contribution in [0.5, 0.6) is 0 Å². The van der Waals surface area contributed by atoms with Gasteiger partial charge in [-0.2, -0.15) is 0 Å². The third-order valence-electron chi connectivity index (χ3n) is 15.1. The molecule has 0 atom stereocenters. The van der Waals surface area contributed by atoms with Crippen LogP contribution in [0.3, 0.4) is 0 Å². The molecule has 0 radical (unpaired) electrons. The van der Waals surface area contributed by atoms with Crippen LogP contribution >= 0.6 is 11.3 Å². The normalized spacial score (nSPS) is 14.5. The molecule has 296 valence electrons. The lowest BCUT2D eigenvalue weighted by molar-refractivity contribution is 0.793. The maximum atomic E-state index is 2.53. The van der Waals surface area contributed by atoms with Gasteiger partial charge in [0.1, 0.15) is 0 Å². The summed E-state index contributed by atoms with van der Waals surface area (Å²) < 4.78 is 2.60. The minimum absolute atomic E-state index is 0.395. The average Bonchev–Trinajstić information content (AvgIpc) is 4.12. The lowest BCUT2D eigenvalue weighted by Crippen LogP contribution is -2.26. The number of thiophene rings is 1. The first-order chi connectivity index (χ1) is 31.7. The lowest BCUT2D eigenvalue weighted by atomic mass is 9.70. The van der Waals surface area contributed by atoms with E-state index in [-0.39, 0.29) is 0 Å². The van der Waals surface area contributed by atoms with Crippen molar-refractivity contribution in [2.75, 3.05) is 4.90 Å². The van der Waals surface area contributed by atoms with E-state index in [4.69, 9.17) is 0 Å². The molecule has 0 amide bonds. The van der Waals surface area contributed by atoms with Gasteiger partial charge in [-0.1, -0.05) is 182 Å². The van der Waals surface area contributed by atoms with E-state index in [2.05, 4.69) is 229 Å². The summed E-state index contributed by atoms with van der Waals surface area (Å²) in [6.45, 7) is 0. The van der Waals surface area contributed by atoms with E-state index in [1.165, 1.54) is 109 Å². The number of benzene rings is 10. The van der Waals surface area contributed by atoms with E-state index in [1.807, 2.05) is 11.3 Å². The summed E-state index contributed by atoms with van der Waals surface area (Å²) in [6, 6.07) is 85.1. The molecule has 1 nitrogen and oxygen atoms in total. The number of anilines is 3. The molecule has 1 aromatic heterocycles. The van der Waals surface area contributed by atoms with Gasteiger partial charge < -0.3 is 4.90 Å². The standard InChI is InChI=1S/C62H37NS/c1-8-22-51-41(15-1)42-16-2-9-23-52(42)61(51)56-27-13-6-20-46(56)50-35-38(31-34-57(50)61)63(40-30-33-49-48-21-7-14-28-59(48)64-60(49)37-40)39-29-32-47-45-19-5-12-26-55(45)62(58(47)36-39)53-24-10-3-17-43(53)44-18-4-11-25-54(44)62/h1-37H. The van der Waals surface area contributed by atoms with Gasteiger partial charge in [0, 0.05) is 37.2 Å². The van der Waals surface area contributed by atoms with Gasteiger partial charge in [-0.05, 0) is 131 Å². The van der Waals surface area contributed by atoms with Gasteiger partial charge in [0.05, 0.1) is 10.8 Å². The maximum Gasteiger partial charge on any atom is 0.0726 e. The van der Waals surface area contributed by atoms with Gasteiger partial charge in [0.2, 0.25) is 0 Å². The Bertz CT molecular complexity index is 3720. The molecule has 0 N–H and O–H groups in total. The van der Waals surface area contributed by atoms with Gasteiger partial charge in [-0.3, -0.25) is 0 Å². The van der Waals surface area contributed by atoms with E-state index in [9.17, 15) is 0 Å². The Kier molecular flexibility index (Phi) is 6.76. The molecule has 10 aromatic carbocycles. The van der Waals surface area contributed by atoms with Crippen LogP contribution in [-0.4, -0.2) is 0 Å². The molecule has 0 unspecified atom stereocenters. The predicted molar refractivity (Wildman–Crippen MR) is 267 cm³/mol. The van der Waals surface area contributed by atoms with E-state index in [0.717, 1.165) is 17.1 Å². The molecule has 0 saturated heterocycles. The molecule has 0 aliphatic heterocycles. The summed E-state index contributed by atoms with van der Waals surface area (Å²) in [5.41, 5.74) is 23.9. The molecule has 15 rings (SSSR count). The monoisotopic (exact) mass is 827 g/mol. The number of nitrogens with zero attached hydrogens (tertiary/aromatic N) is 1. The van der Waals surface area contributed by atoms with E-state index in [1.54, 1.807) is 0 Å². The fourth-order valence-electron chi connectivity index (χ4n) is 12.7. The summed E-state index contributed by atoms with van der Waals surface area (Å²) in [6.07, 6.45) is 0. The van der Waals surface area contributed by atoms with Crippen molar-refractivity contribution in [2.45, 2.75) is 10.8 Å². The highest BCUT2D eigenvalue weighted by Gasteiger charge is 2.53. The average molecular weight is 828 g/mol. The molecule has 1 heterocycles. The summed E-state index contributed by atoms with van der Waals surface area (Å²) in [4.78, 5) is 2.53. The highest BCUT2D eigenvalue weighted by atomic mass is 32.1. The quantitative estimate of drug-likeness (QED) is 0.171. The highest BCUT2D eigenvalue weighted by Crippen LogP contribution is 2.65. The van der Waals surface area contributed by atoms with Gasteiger partial charge >= 0.3 is 0 Å². The first kappa shape index (κ1) is 34.8. The fourth-order valence-corrected chi connectivity index (χ4v) is 13.9. The third kappa shape index (κ3) is 4.16. The SMILES string of the molecule is c1ccc2c(c1)-c1ccccc1C21c2ccccc2-c2cc(N(c3ccc4c(c3)C3(c5ccccc5-c5ccccc53)c3ccccc3-4)c3ccc4c(c3)sc3ccccc34)ccc21. The zero-order valence-corrected chi connectivity index (χ0v) is 35.5. The Balaban J connectivity index is 1.00. The minimum atomic E-state index is -0.442.